The van der Waals surface area contributed by atoms with Gasteiger partial charge in [-0.05, 0) is 42.7 Å². The van der Waals surface area contributed by atoms with Crippen LogP contribution in [-0.2, 0) is 6.54 Å². The van der Waals surface area contributed by atoms with Gasteiger partial charge in [-0.1, -0.05) is 6.07 Å². The van der Waals surface area contributed by atoms with Crippen molar-refractivity contribution in [3.05, 3.63) is 53.6 Å². The van der Waals surface area contributed by atoms with Gasteiger partial charge in [0.05, 0.1) is 12.8 Å². The minimum atomic E-state index is -2.99. The van der Waals surface area contributed by atoms with Crippen LogP contribution in [0, 0.1) is 11.6 Å². The van der Waals surface area contributed by atoms with Crippen molar-refractivity contribution in [3.8, 4) is 11.5 Å². The lowest BCUT2D eigenvalue weighted by atomic mass is 10.2. The normalized spacial score (nSPS) is 13.4. The van der Waals surface area contributed by atoms with Crippen molar-refractivity contribution in [1.82, 2.24) is 4.90 Å². The van der Waals surface area contributed by atoms with Crippen molar-refractivity contribution in [3.63, 3.8) is 0 Å². The number of rotatable bonds is 7. The van der Waals surface area contributed by atoms with Crippen molar-refractivity contribution < 1.29 is 31.8 Å². The van der Waals surface area contributed by atoms with Crippen LogP contribution in [0.3, 0.4) is 0 Å². The van der Waals surface area contributed by atoms with Crippen LogP contribution in [0.1, 0.15) is 18.4 Å². The predicted molar refractivity (Wildman–Crippen MR) is 93.6 cm³/mol. The Morgan fingerprint density at radius 2 is 1.93 bits per heavy atom. The summed E-state index contributed by atoms with van der Waals surface area (Å²) in [7, 11) is 1.32. The summed E-state index contributed by atoms with van der Waals surface area (Å²) in [5.41, 5.74) is 0.496. The predicted octanol–water partition coefficient (Wildman–Crippen LogP) is 4.77. The van der Waals surface area contributed by atoms with Crippen LogP contribution in [-0.4, -0.2) is 30.7 Å². The van der Waals surface area contributed by atoms with Gasteiger partial charge < -0.3 is 19.7 Å². The first-order valence-corrected chi connectivity index (χ1v) is 8.51. The Balaban J connectivity index is 1.75. The van der Waals surface area contributed by atoms with E-state index < -0.39 is 24.3 Å². The second-order valence-electron chi connectivity index (χ2n) is 6.28. The first-order chi connectivity index (χ1) is 13.4. The van der Waals surface area contributed by atoms with E-state index in [0.29, 0.717) is 11.6 Å². The van der Waals surface area contributed by atoms with Crippen molar-refractivity contribution in [2.45, 2.75) is 32.0 Å². The summed E-state index contributed by atoms with van der Waals surface area (Å²) in [4.78, 5) is 14.1. The third-order valence-electron chi connectivity index (χ3n) is 4.22. The number of carbonyl (C=O) groups excluding carboxylic acids is 1. The Morgan fingerprint density at radius 1 is 1.18 bits per heavy atom. The van der Waals surface area contributed by atoms with Crippen LogP contribution in [0.4, 0.5) is 28.0 Å². The van der Waals surface area contributed by atoms with Crippen LogP contribution in [0.2, 0.25) is 0 Å². The monoisotopic (exact) mass is 398 g/mol. The van der Waals surface area contributed by atoms with Crippen molar-refractivity contribution in [2.24, 2.45) is 0 Å². The Labute approximate surface area is 158 Å². The van der Waals surface area contributed by atoms with Crippen LogP contribution >= 0.6 is 0 Å². The molecule has 0 saturated heterocycles. The van der Waals surface area contributed by atoms with E-state index >= 15 is 0 Å². The van der Waals surface area contributed by atoms with Gasteiger partial charge >= 0.3 is 12.6 Å². The molecule has 28 heavy (non-hydrogen) atoms. The molecule has 2 aromatic rings. The fourth-order valence-electron chi connectivity index (χ4n) is 2.73. The molecule has 0 radical (unpaired) electrons. The fourth-order valence-corrected chi connectivity index (χ4v) is 2.73. The van der Waals surface area contributed by atoms with E-state index in [2.05, 4.69) is 10.1 Å². The molecule has 2 aromatic carbocycles. The second kappa shape index (κ2) is 8.37. The molecule has 1 aliphatic rings. The molecule has 0 atom stereocenters. The molecule has 0 heterocycles. The number of anilines is 1. The Morgan fingerprint density at radius 3 is 2.54 bits per heavy atom. The minimum Gasteiger partial charge on any atom is -0.493 e. The average molecular weight is 398 g/mol. The van der Waals surface area contributed by atoms with E-state index in [-0.39, 0.29) is 29.8 Å². The zero-order valence-corrected chi connectivity index (χ0v) is 14.9. The van der Waals surface area contributed by atoms with E-state index in [9.17, 15) is 22.4 Å². The van der Waals surface area contributed by atoms with E-state index in [0.717, 1.165) is 25.0 Å². The first kappa shape index (κ1) is 19.8. The number of ether oxygens (including phenoxy) is 2. The van der Waals surface area contributed by atoms with E-state index in [1.54, 1.807) is 6.07 Å². The lowest BCUT2D eigenvalue weighted by Gasteiger charge is -2.23. The van der Waals surface area contributed by atoms with Gasteiger partial charge in [-0.3, -0.25) is 0 Å². The largest absolute Gasteiger partial charge is 0.493 e. The number of methoxy groups -OCH3 is 1. The highest BCUT2D eigenvalue weighted by molar-refractivity contribution is 5.89. The molecule has 0 unspecified atom stereocenters. The summed E-state index contributed by atoms with van der Waals surface area (Å²) >= 11 is 0. The lowest BCUT2D eigenvalue weighted by Crippen LogP contribution is -2.36. The van der Waals surface area contributed by atoms with Crippen molar-refractivity contribution in [2.75, 3.05) is 12.4 Å². The van der Waals surface area contributed by atoms with E-state index in [4.69, 9.17) is 4.74 Å². The molecular formula is C19H18F4N2O3. The molecule has 1 N–H and O–H groups in total. The maximum Gasteiger partial charge on any atom is 0.387 e. The zero-order valence-electron chi connectivity index (χ0n) is 14.9. The molecule has 0 spiro atoms. The third kappa shape index (κ3) is 4.85. The van der Waals surface area contributed by atoms with E-state index in [1.807, 2.05) is 0 Å². The quantitative estimate of drug-likeness (QED) is 0.684. The van der Waals surface area contributed by atoms with Crippen LogP contribution in [0.15, 0.2) is 36.4 Å². The van der Waals surface area contributed by atoms with Crippen molar-refractivity contribution >= 4 is 11.7 Å². The summed E-state index contributed by atoms with van der Waals surface area (Å²) in [6, 6.07) is 6.69. The maximum atomic E-state index is 13.8. The number of amides is 2. The molecule has 0 aliphatic heterocycles. The molecular weight excluding hydrogens is 380 g/mol. The summed E-state index contributed by atoms with van der Waals surface area (Å²) < 4.78 is 61.1. The highest BCUT2D eigenvalue weighted by atomic mass is 19.3. The summed E-state index contributed by atoms with van der Waals surface area (Å²) in [6.07, 6.45) is 1.59. The lowest BCUT2D eigenvalue weighted by molar-refractivity contribution is -0.0512. The van der Waals surface area contributed by atoms with Crippen LogP contribution in [0.5, 0.6) is 11.5 Å². The molecule has 1 saturated carbocycles. The van der Waals surface area contributed by atoms with E-state index in [1.165, 1.54) is 24.1 Å². The zero-order chi connectivity index (χ0) is 20.3. The molecule has 5 nitrogen and oxygen atoms in total. The number of hydrogen-bond acceptors (Lipinski definition) is 3. The topological polar surface area (TPSA) is 50.8 Å². The molecule has 0 aromatic heterocycles. The number of nitrogens with one attached hydrogen (secondary N) is 1. The number of alkyl halides is 2. The number of benzene rings is 2. The number of hydrogen-bond donors (Lipinski definition) is 1. The highest BCUT2D eigenvalue weighted by Gasteiger charge is 2.33. The number of nitrogens with zero attached hydrogens (tertiary/aromatic N) is 1. The van der Waals surface area contributed by atoms with Gasteiger partial charge in [-0.15, -0.1) is 0 Å². The molecule has 3 rings (SSSR count). The summed E-state index contributed by atoms with van der Waals surface area (Å²) in [6.45, 7) is -2.83. The fraction of sp³-hybridized carbons (Fsp3) is 0.316. The standard InChI is InChI=1S/C19H18F4N2O3/c1-27-17-8-11(2-7-16(17)28-18(22)23)10-25(13-4-5-13)19(26)24-15-6-3-12(20)9-14(15)21/h2-3,6-9,13,18H,4-5,10H2,1H3,(H,24,26). The maximum absolute atomic E-state index is 13.8. The minimum absolute atomic E-state index is 0.0218. The third-order valence-corrected chi connectivity index (χ3v) is 4.22. The second-order valence-corrected chi connectivity index (χ2v) is 6.28. The first-order valence-electron chi connectivity index (χ1n) is 8.51. The molecule has 1 fully saturated rings. The number of urea groups is 1. The molecule has 0 bridgehead atoms. The van der Waals surface area contributed by atoms with Gasteiger partial charge in [0, 0.05) is 18.7 Å². The molecule has 2 amide bonds. The van der Waals surface area contributed by atoms with Gasteiger partial charge in [-0.2, -0.15) is 8.78 Å². The van der Waals surface area contributed by atoms with Gasteiger partial charge in [0.1, 0.15) is 11.6 Å². The SMILES string of the molecule is COc1cc(CN(C(=O)Nc2ccc(F)cc2F)C2CC2)ccc1OC(F)F. The Bertz CT molecular complexity index is 859. The van der Waals surface area contributed by atoms with Crippen LogP contribution < -0.4 is 14.8 Å². The molecule has 1 aliphatic carbocycles. The van der Waals surface area contributed by atoms with Gasteiger partial charge in [0.15, 0.2) is 11.5 Å². The smallest absolute Gasteiger partial charge is 0.387 e. The number of halogens is 4. The van der Waals surface area contributed by atoms with Gasteiger partial charge in [-0.25, -0.2) is 13.6 Å². The molecule has 9 heteroatoms. The molecule has 150 valence electrons. The summed E-state index contributed by atoms with van der Waals surface area (Å²) in [5, 5.41) is 2.44. The summed E-state index contributed by atoms with van der Waals surface area (Å²) in [5.74, 6) is -1.62. The van der Waals surface area contributed by atoms with Crippen molar-refractivity contribution in [1.29, 1.82) is 0 Å². The van der Waals surface area contributed by atoms with Gasteiger partial charge in [0.25, 0.3) is 0 Å². The van der Waals surface area contributed by atoms with Gasteiger partial charge in [0.2, 0.25) is 0 Å². The highest BCUT2D eigenvalue weighted by Crippen LogP contribution is 2.33. The Kier molecular flexibility index (Phi) is 5.91. The van der Waals surface area contributed by atoms with Crippen LogP contribution in [0.25, 0.3) is 0 Å². The number of carbonyl (C=O) groups is 1. The average Bonchev–Trinajstić information content (AvgIpc) is 3.47. The Hall–Kier alpha value is -2.97.